The molecule has 1 fully saturated rings. The van der Waals surface area contributed by atoms with Crippen LogP contribution >= 0.6 is 0 Å². The number of nitrogens with one attached hydrogen (secondary N) is 2. The Morgan fingerprint density at radius 2 is 1.56 bits per heavy atom. The van der Waals surface area contributed by atoms with E-state index in [4.69, 9.17) is 4.74 Å². The number of aliphatic carboxylic acids is 1. The average molecular weight is 465 g/mol. The first kappa shape index (κ1) is 23.8. The predicted octanol–water partition coefficient (Wildman–Crippen LogP) is 4.46. The summed E-state index contributed by atoms with van der Waals surface area (Å²) in [6, 6.07) is 16.3. The molecule has 0 bridgehead atoms. The number of carbonyl (C=O) groups is 3. The summed E-state index contributed by atoms with van der Waals surface area (Å²) in [5.41, 5.74) is 2.50. The van der Waals surface area contributed by atoms with Crippen molar-refractivity contribution in [1.82, 2.24) is 10.6 Å². The Bertz CT molecular complexity index is 1040. The minimum absolute atomic E-state index is 0.0376. The molecule has 2 aromatic rings. The highest BCUT2D eigenvalue weighted by Crippen LogP contribution is 2.44. The second kappa shape index (κ2) is 9.49. The molecule has 34 heavy (non-hydrogen) atoms. The minimum Gasteiger partial charge on any atom is -0.480 e. The van der Waals surface area contributed by atoms with Crippen molar-refractivity contribution in [1.29, 1.82) is 0 Å². The van der Waals surface area contributed by atoms with Gasteiger partial charge in [-0.1, -0.05) is 68.8 Å². The number of carbonyl (C=O) groups excluding carboxylic acids is 2. The summed E-state index contributed by atoms with van der Waals surface area (Å²) in [6.45, 7) is 3.83. The van der Waals surface area contributed by atoms with Crippen LogP contribution in [0.25, 0.3) is 11.1 Å². The van der Waals surface area contributed by atoms with Gasteiger partial charge in [-0.3, -0.25) is 4.79 Å². The molecule has 4 rings (SSSR count). The summed E-state index contributed by atoms with van der Waals surface area (Å²) in [4.78, 5) is 37.5. The highest BCUT2D eigenvalue weighted by Gasteiger charge is 2.48. The maximum Gasteiger partial charge on any atom is 0.407 e. The Balaban J connectivity index is 1.37. The third kappa shape index (κ3) is 4.15. The molecule has 0 unspecified atom stereocenters. The van der Waals surface area contributed by atoms with Crippen molar-refractivity contribution in [2.75, 3.05) is 13.2 Å². The lowest BCUT2D eigenvalue weighted by Gasteiger charge is -2.42. The first-order valence-corrected chi connectivity index (χ1v) is 12.0. The molecule has 3 N–H and O–H groups in total. The largest absolute Gasteiger partial charge is 0.480 e. The summed E-state index contributed by atoms with van der Waals surface area (Å²) < 4.78 is 5.59. The smallest absolute Gasteiger partial charge is 0.407 e. The Labute approximate surface area is 199 Å². The van der Waals surface area contributed by atoms with Crippen LogP contribution < -0.4 is 10.6 Å². The van der Waals surface area contributed by atoms with E-state index in [1.165, 1.54) is 0 Å². The maximum absolute atomic E-state index is 13.1. The van der Waals surface area contributed by atoms with Crippen molar-refractivity contribution >= 4 is 18.0 Å². The van der Waals surface area contributed by atoms with Crippen LogP contribution in [0.4, 0.5) is 4.79 Å². The highest BCUT2D eigenvalue weighted by molar-refractivity contribution is 5.91. The van der Waals surface area contributed by atoms with Crippen LogP contribution in [0.1, 0.15) is 63.0 Å². The summed E-state index contributed by atoms with van der Waals surface area (Å²) >= 11 is 0. The van der Waals surface area contributed by atoms with Gasteiger partial charge in [-0.05, 0) is 47.9 Å². The summed E-state index contributed by atoms with van der Waals surface area (Å²) in [7, 11) is 0. The first-order chi connectivity index (χ1) is 16.4. The third-order valence-corrected chi connectivity index (χ3v) is 7.68. The number of hydrogen-bond donors (Lipinski definition) is 3. The van der Waals surface area contributed by atoms with Gasteiger partial charge in [-0.2, -0.15) is 0 Å². The lowest BCUT2D eigenvalue weighted by Crippen LogP contribution is -2.61. The van der Waals surface area contributed by atoms with E-state index in [0.29, 0.717) is 25.7 Å². The van der Waals surface area contributed by atoms with Gasteiger partial charge in [-0.25, -0.2) is 9.59 Å². The molecule has 0 spiro atoms. The fraction of sp³-hybridized carbons (Fsp3) is 0.444. The predicted molar refractivity (Wildman–Crippen MR) is 128 cm³/mol. The summed E-state index contributed by atoms with van der Waals surface area (Å²) in [6.07, 6.45) is 2.08. The number of ether oxygens (including phenoxy) is 1. The number of rotatable bonds is 9. The zero-order valence-electron chi connectivity index (χ0n) is 19.7. The fourth-order valence-electron chi connectivity index (χ4n) is 5.11. The lowest BCUT2D eigenvalue weighted by molar-refractivity contribution is -0.151. The van der Waals surface area contributed by atoms with Gasteiger partial charge in [0.15, 0.2) is 0 Å². The fourth-order valence-corrected chi connectivity index (χ4v) is 5.11. The Hall–Kier alpha value is -3.35. The van der Waals surface area contributed by atoms with Gasteiger partial charge in [0.05, 0.1) is 5.41 Å². The standard InChI is InChI=1S/C27H32N2O5/c1-3-27(4-2,24(31)32)29-23(30)26(14-9-15-26)17-28-25(33)34-16-22-20-12-7-5-10-18(20)19-11-6-8-13-21(19)22/h5-8,10-13,22H,3-4,9,14-17H2,1-2H3,(H,28,33)(H,29,30)(H,31,32). The van der Waals surface area contributed by atoms with Crippen molar-refractivity contribution in [3.8, 4) is 11.1 Å². The molecule has 0 aliphatic heterocycles. The molecular weight excluding hydrogens is 432 g/mol. The number of fused-ring (bicyclic) bond motifs is 3. The van der Waals surface area contributed by atoms with Crippen LogP contribution in [0.2, 0.25) is 0 Å². The van der Waals surface area contributed by atoms with Crippen molar-refractivity contribution in [2.45, 2.75) is 57.4 Å². The summed E-state index contributed by atoms with van der Waals surface area (Å²) in [5.74, 6) is -1.39. The molecule has 0 atom stereocenters. The van der Waals surface area contributed by atoms with E-state index in [-0.39, 0.29) is 25.0 Å². The van der Waals surface area contributed by atoms with E-state index in [1.807, 2.05) is 24.3 Å². The molecule has 2 amide bonds. The number of amides is 2. The monoisotopic (exact) mass is 464 g/mol. The van der Waals surface area contributed by atoms with Crippen molar-refractivity contribution in [2.24, 2.45) is 5.41 Å². The van der Waals surface area contributed by atoms with Crippen LogP contribution in [0.5, 0.6) is 0 Å². The SMILES string of the molecule is CCC(CC)(NC(=O)C1(CNC(=O)OCC2c3ccccc3-c3ccccc32)CCC1)C(=O)O. The zero-order chi connectivity index (χ0) is 24.3. The van der Waals surface area contributed by atoms with Crippen molar-refractivity contribution in [3.05, 3.63) is 59.7 Å². The number of hydrogen-bond acceptors (Lipinski definition) is 4. The average Bonchev–Trinajstić information content (AvgIpc) is 3.14. The second-order valence-corrected chi connectivity index (χ2v) is 9.36. The molecular formula is C27H32N2O5. The van der Waals surface area contributed by atoms with E-state index in [0.717, 1.165) is 28.7 Å². The Kier molecular flexibility index (Phi) is 6.64. The van der Waals surface area contributed by atoms with E-state index >= 15 is 0 Å². The molecule has 2 aromatic carbocycles. The molecule has 0 heterocycles. The molecule has 180 valence electrons. The van der Waals surface area contributed by atoms with Crippen LogP contribution in [0.3, 0.4) is 0 Å². The Morgan fingerprint density at radius 1 is 1.00 bits per heavy atom. The van der Waals surface area contributed by atoms with E-state index < -0.39 is 23.0 Å². The normalized spacial score (nSPS) is 16.1. The van der Waals surface area contributed by atoms with Crippen molar-refractivity contribution < 1.29 is 24.2 Å². The van der Waals surface area contributed by atoms with Crippen LogP contribution in [0, 0.1) is 5.41 Å². The molecule has 7 heteroatoms. The van der Waals surface area contributed by atoms with E-state index in [1.54, 1.807) is 13.8 Å². The summed E-state index contributed by atoms with van der Waals surface area (Å²) in [5, 5.41) is 15.2. The quantitative estimate of drug-likeness (QED) is 0.508. The molecule has 1 saturated carbocycles. The van der Waals surface area contributed by atoms with E-state index in [2.05, 4.69) is 34.9 Å². The maximum atomic E-state index is 13.1. The molecule has 2 aliphatic rings. The zero-order valence-corrected chi connectivity index (χ0v) is 19.7. The van der Waals surface area contributed by atoms with Crippen molar-refractivity contribution in [3.63, 3.8) is 0 Å². The second-order valence-electron chi connectivity index (χ2n) is 9.36. The third-order valence-electron chi connectivity index (χ3n) is 7.68. The minimum atomic E-state index is -1.29. The number of carboxylic acid groups (broad SMARTS) is 1. The highest BCUT2D eigenvalue weighted by atomic mass is 16.5. The van der Waals surface area contributed by atoms with Crippen LogP contribution in [-0.2, 0) is 14.3 Å². The number of carboxylic acids is 1. The molecule has 7 nitrogen and oxygen atoms in total. The van der Waals surface area contributed by atoms with Crippen LogP contribution in [-0.4, -0.2) is 41.8 Å². The molecule has 0 saturated heterocycles. The van der Waals surface area contributed by atoms with Gasteiger partial charge in [0, 0.05) is 12.5 Å². The number of alkyl carbamates (subject to hydrolysis) is 1. The first-order valence-electron chi connectivity index (χ1n) is 12.0. The molecule has 0 radical (unpaired) electrons. The Morgan fingerprint density at radius 3 is 2.03 bits per heavy atom. The van der Waals surface area contributed by atoms with Gasteiger partial charge in [0.1, 0.15) is 12.1 Å². The topological polar surface area (TPSA) is 105 Å². The molecule has 2 aliphatic carbocycles. The van der Waals surface area contributed by atoms with Gasteiger partial charge in [-0.15, -0.1) is 0 Å². The van der Waals surface area contributed by atoms with Gasteiger partial charge in [0.25, 0.3) is 0 Å². The molecule has 0 aromatic heterocycles. The lowest BCUT2D eigenvalue weighted by atomic mass is 9.67. The van der Waals surface area contributed by atoms with Gasteiger partial charge in [0.2, 0.25) is 5.91 Å². The van der Waals surface area contributed by atoms with E-state index in [9.17, 15) is 19.5 Å². The van der Waals surface area contributed by atoms with Gasteiger partial charge >= 0.3 is 12.1 Å². The van der Waals surface area contributed by atoms with Gasteiger partial charge < -0.3 is 20.5 Å². The number of benzene rings is 2. The van der Waals surface area contributed by atoms with Crippen LogP contribution in [0.15, 0.2) is 48.5 Å².